The molecule has 0 unspecified atom stereocenters. The van der Waals surface area contributed by atoms with Gasteiger partial charge >= 0.3 is 0 Å². The van der Waals surface area contributed by atoms with Crippen molar-refractivity contribution in [2.75, 3.05) is 18.0 Å². The molecular formula is C17H17FN2. The lowest BCUT2D eigenvalue weighted by atomic mass is 10.1. The Morgan fingerprint density at radius 2 is 1.85 bits per heavy atom. The van der Waals surface area contributed by atoms with Crippen LogP contribution in [-0.2, 0) is 6.42 Å². The summed E-state index contributed by atoms with van der Waals surface area (Å²) in [6.45, 7) is 1.63. The molecule has 1 heterocycles. The standard InChI is InChI=1S/C17H17FN2/c18-15-7-4-8-16(13-15)20-12-11-19-17(20)10-9-14-5-2-1-3-6-14/h1-8,13H,9-12H2. The summed E-state index contributed by atoms with van der Waals surface area (Å²) < 4.78 is 13.3. The number of amidine groups is 1. The molecule has 3 heteroatoms. The van der Waals surface area contributed by atoms with Crippen molar-refractivity contribution >= 4 is 11.5 Å². The van der Waals surface area contributed by atoms with Gasteiger partial charge in [0, 0.05) is 18.7 Å². The van der Waals surface area contributed by atoms with E-state index in [1.54, 1.807) is 12.1 Å². The van der Waals surface area contributed by atoms with Crippen molar-refractivity contribution in [2.24, 2.45) is 4.99 Å². The fourth-order valence-electron chi connectivity index (χ4n) is 2.53. The highest BCUT2D eigenvalue weighted by Gasteiger charge is 2.18. The first-order chi connectivity index (χ1) is 9.83. The number of nitrogens with zero attached hydrogens (tertiary/aromatic N) is 2. The zero-order valence-corrected chi connectivity index (χ0v) is 11.3. The van der Waals surface area contributed by atoms with Crippen LogP contribution in [0, 0.1) is 5.82 Å². The zero-order valence-electron chi connectivity index (χ0n) is 11.3. The third kappa shape index (κ3) is 2.87. The van der Waals surface area contributed by atoms with Crippen LogP contribution in [0.5, 0.6) is 0 Å². The van der Waals surface area contributed by atoms with Gasteiger partial charge in [0.1, 0.15) is 11.7 Å². The molecule has 20 heavy (non-hydrogen) atoms. The van der Waals surface area contributed by atoms with Gasteiger partial charge in [-0.05, 0) is 30.2 Å². The molecule has 3 rings (SSSR count). The Kier molecular flexibility index (Phi) is 3.77. The first-order valence-corrected chi connectivity index (χ1v) is 6.93. The van der Waals surface area contributed by atoms with Crippen LogP contribution >= 0.6 is 0 Å². The van der Waals surface area contributed by atoms with E-state index in [0.29, 0.717) is 0 Å². The molecule has 0 atom stereocenters. The average molecular weight is 268 g/mol. The van der Waals surface area contributed by atoms with E-state index in [-0.39, 0.29) is 5.82 Å². The molecule has 1 aliphatic heterocycles. The number of rotatable bonds is 4. The van der Waals surface area contributed by atoms with Crippen molar-refractivity contribution in [3.63, 3.8) is 0 Å². The van der Waals surface area contributed by atoms with E-state index >= 15 is 0 Å². The Labute approximate surface area is 118 Å². The zero-order chi connectivity index (χ0) is 13.8. The summed E-state index contributed by atoms with van der Waals surface area (Å²) in [5.74, 6) is 0.858. The second kappa shape index (κ2) is 5.87. The molecule has 0 bridgehead atoms. The van der Waals surface area contributed by atoms with Crippen LogP contribution in [0.25, 0.3) is 0 Å². The Hall–Kier alpha value is -2.16. The van der Waals surface area contributed by atoms with E-state index in [9.17, 15) is 4.39 Å². The Morgan fingerprint density at radius 3 is 2.65 bits per heavy atom. The van der Waals surface area contributed by atoms with Gasteiger partial charge in [-0.15, -0.1) is 0 Å². The maximum absolute atomic E-state index is 13.3. The molecule has 0 saturated heterocycles. The van der Waals surface area contributed by atoms with Crippen LogP contribution < -0.4 is 4.90 Å². The third-order valence-corrected chi connectivity index (χ3v) is 3.53. The summed E-state index contributed by atoms with van der Waals surface area (Å²) in [4.78, 5) is 6.68. The van der Waals surface area contributed by atoms with Gasteiger partial charge in [0.05, 0.1) is 6.54 Å². The smallest absolute Gasteiger partial charge is 0.125 e. The van der Waals surface area contributed by atoms with Crippen LogP contribution in [0.15, 0.2) is 59.6 Å². The first kappa shape index (κ1) is 12.9. The molecule has 2 aromatic carbocycles. The quantitative estimate of drug-likeness (QED) is 0.826. The number of aliphatic imine (C=N–C) groups is 1. The van der Waals surface area contributed by atoms with Gasteiger partial charge < -0.3 is 4.90 Å². The lowest BCUT2D eigenvalue weighted by Gasteiger charge is -2.20. The van der Waals surface area contributed by atoms with Crippen LogP contribution in [0.1, 0.15) is 12.0 Å². The number of hydrogen-bond donors (Lipinski definition) is 0. The maximum Gasteiger partial charge on any atom is 0.125 e. The molecule has 0 fully saturated rings. The predicted octanol–water partition coefficient (Wildman–Crippen LogP) is 3.68. The van der Waals surface area contributed by atoms with E-state index in [0.717, 1.165) is 37.5 Å². The van der Waals surface area contributed by atoms with Crippen molar-refractivity contribution in [1.29, 1.82) is 0 Å². The minimum Gasteiger partial charge on any atom is -0.328 e. The predicted molar refractivity (Wildman–Crippen MR) is 80.8 cm³/mol. The van der Waals surface area contributed by atoms with Crippen LogP contribution in [0.4, 0.5) is 10.1 Å². The van der Waals surface area contributed by atoms with E-state index in [4.69, 9.17) is 0 Å². The molecule has 0 radical (unpaired) electrons. The molecule has 0 spiro atoms. The fraction of sp³-hybridized carbons (Fsp3) is 0.235. The monoisotopic (exact) mass is 268 g/mol. The van der Waals surface area contributed by atoms with Crippen LogP contribution in [0.3, 0.4) is 0 Å². The molecule has 0 aliphatic carbocycles. The van der Waals surface area contributed by atoms with E-state index in [1.165, 1.54) is 11.6 Å². The summed E-state index contributed by atoms with van der Waals surface area (Å²) in [5.41, 5.74) is 2.20. The average Bonchev–Trinajstić information content (AvgIpc) is 2.95. The van der Waals surface area contributed by atoms with Crippen molar-refractivity contribution in [2.45, 2.75) is 12.8 Å². The van der Waals surface area contributed by atoms with Crippen molar-refractivity contribution in [1.82, 2.24) is 0 Å². The second-order valence-corrected chi connectivity index (χ2v) is 4.92. The van der Waals surface area contributed by atoms with Crippen LogP contribution in [0.2, 0.25) is 0 Å². The van der Waals surface area contributed by atoms with E-state index < -0.39 is 0 Å². The van der Waals surface area contributed by atoms with Gasteiger partial charge in [0.2, 0.25) is 0 Å². The molecule has 0 N–H and O–H groups in total. The van der Waals surface area contributed by atoms with Gasteiger partial charge in [-0.2, -0.15) is 0 Å². The van der Waals surface area contributed by atoms with Crippen molar-refractivity contribution in [3.05, 3.63) is 66.0 Å². The number of anilines is 1. The van der Waals surface area contributed by atoms with Gasteiger partial charge in [0.25, 0.3) is 0 Å². The van der Waals surface area contributed by atoms with Crippen molar-refractivity contribution in [3.8, 4) is 0 Å². The minimum atomic E-state index is -0.197. The van der Waals surface area contributed by atoms with Crippen molar-refractivity contribution < 1.29 is 4.39 Å². The molecular weight excluding hydrogens is 251 g/mol. The van der Waals surface area contributed by atoms with Gasteiger partial charge in [-0.25, -0.2) is 4.39 Å². The number of halogens is 1. The van der Waals surface area contributed by atoms with Gasteiger partial charge in [0.15, 0.2) is 0 Å². The maximum atomic E-state index is 13.3. The lowest BCUT2D eigenvalue weighted by Crippen LogP contribution is -2.27. The Balaban J connectivity index is 1.70. The molecule has 0 aromatic heterocycles. The molecule has 0 saturated carbocycles. The summed E-state index contributed by atoms with van der Waals surface area (Å²) in [6, 6.07) is 17.1. The van der Waals surface area contributed by atoms with Gasteiger partial charge in [-0.1, -0.05) is 36.4 Å². The highest BCUT2D eigenvalue weighted by atomic mass is 19.1. The Bertz CT molecular complexity index is 607. The SMILES string of the molecule is Fc1cccc(N2CCN=C2CCc2ccccc2)c1. The van der Waals surface area contributed by atoms with E-state index in [1.807, 2.05) is 12.1 Å². The molecule has 2 nitrogen and oxygen atoms in total. The number of aryl methyl sites for hydroxylation is 1. The first-order valence-electron chi connectivity index (χ1n) is 6.93. The summed E-state index contributed by atoms with van der Waals surface area (Å²) in [7, 11) is 0. The van der Waals surface area contributed by atoms with E-state index in [2.05, 4.69) is 34.2 Å². The Morgan fingerprint density at radius 1 is 1.00 bits per heavy atom. The molecule has 1 aliphatic rings. The summed E-state index contributed by atoms with van der Waals surface area (Å²) >= 11 is 0. The number of benzene rings is 2. The third-order valence-electron chi connectivity index (χ3n) is 3.53. The fourth-order valence-corrected chi connectivity index (χ4v) is 2.53. The largest absolute Gasteiger partial charge is 0.328 e. The molecule has 0 amide bonds. The van der Waals surface area contributed by atoms with Gasteiger partial charge in [-0.3, -0.25) is 4.99 Å². The second-order valence-electron chi connectivity index (χ2n) is 4.92. The highest BCUT2D eigenvalue weighted by molar-refractivity contribution is 5.99. The summed E-state index contributed by atoms with van der Waals surface area (Å²) in [6.07, 6.45) is 1.85. The molecule has 102 valence electrons. The molecule has 2 aromatic rings. The lowest BCUT2D eigenvalue weighted by molar-refractivity contribution is 0.628. The summed E-state index contributed by atoms with van der Waals surface area (Å²) in [5, 5.41) is 0. The highest BCUT2D eigenvalue weighted by Crippen LogP contribution is 2.20. The minimum absolute atomic E-state index is 0.197. The number of hydrogen-bond acceptors (Lipinski definition) is 2. The van der Waals surface area contributed by atoms with Crippen LogP contribution in [-0.4, -0.2) is 18.9 Å². The topological polar surface area (TPSA) is 15.6 Å². The normalized spacial score (nSPS) is 14.4.